The summed E-state index contributed by atoms with van der Waals surface area (Å²) in [6, 6.07) is 15.2. The predicted molar refractivity (Wildman–Crippen MR) is 109 cm³/mol. The molecule has 1 aromatic heterocycles. The largest absolute Gasteiger partial charge is 0.493 e. The standard InChI is InChI=1S/C21H20Cl2N2O2/c1-26-20-10-17(13-25-12-15-6-8-24-9-7-15)19(23)11-21(20)27-14-16-4-2-3-5-18(16)22/h2-11,25H,12-14H2,1H3. The van der Waals surface area contributed by atoms with E-state index >= 15 is 0 Å². The van der Waals surface area contributed by atoms with E-state index in [0.29, 0.717) is 34.7 Å². The van der Waals surface area contributed by atoms with Crippen molar-refractivity contribution in [3.05, 3.63) is 87.7 Å². The molecule has 3 rings (SSSR count). The molecule has 0 saturated carbocycles. The first-order valence-electron chi connectivity index (χ1n) is 8.49. The van der Waals surface area contributed by atoms with Crippen molar-refractivity contribution in [1.29, 1.82) is 0 Å². The van der Waals surface area contributed by atoms with Crippen molar-refractivity contribution in [3.8, 4) is 11.5 Å². The van der Waals surface area contributed by atoms with Crippen LogP contribution in [0.25, 0.3) is 0 Å². The van der Waals surface area contributed by atoms with Crippen LogP contribution in [0, 0.1) is 0 Å². The van der Waals surface area contributed by atoms with Gasteiger partial charge in [-0.3, -0.25) is 4.98 Å². The van der Waals surface area contributed by atoms with Gasteiger partial charge in [0.1, 0.15) is 6.61 Å². The molecule has 0 atom stereocenters. The second kappa shape index (κ2) is 9.60. The second-order valence-corrected chi connectivity index (χ2v) is 6.75. The summed E-state index contributed by atoms with van der Waals surface area (Å²) >= 11 is 12.6. The van der Waals surface area contributed by atoms with Gasteiger partial charge in [-0.2, -0.15) is 0 Å². The summed E-state index contributed by atoms with van der Waals surface area (Å²) in [7, 11) is 1.61. The number of benzene rings is 2. The number of methoxy groups -OCH3 is 1. The number of aromatic nitrogens is 1. The fraction of sp³-hybridized carbons (Fsp3) is 0.190. The topological polar surface area (TPSA) is 43.4 Å². The van der Waals surface area contributed by atoms with E-state index in [9.17, 15) is 0 Å². The summed E-state index contributed by atoms with van der Waals surface area (Å²) in [4.78, 5) is 4.02. The third-order valence-corrected chi connectivity index (χ3v) is 4.79. The maximum Gasteiger partial charge on any atom is 0.163 e. The summed E-state index contributed by atoms with van der Waals surface area (Å²) in [5.74, 6) is 1.22. The summed E-state index contributed by atoms with van der Waals surface area (Å²) in [6.45, 7) is 1.68. The average Bonchev–Trinajstić information content (AvgIpc) is 2.69. The molecule has 0 amide bonds. The summed E-state index contributed by atoms with van der Waals surface area (Å²) in [6.07, 6.45) is 3.55. The number of halogens is 2. The van der Waals surface area contributed by atoms with Crippen molar-refractivity contribution in [3.63, 3.8) is 0 Å². The molecule has 140 valence electrons. The zero-order chi connectivity index (χ0) is 19.1. The third kappa shape index (κ3) is 5.36. The number of hydrogen-bond donors (Lipinski definition) is 1. The molecule has 6 heteroatoms. The van der Waals surface area contributed by atoms with Crippen LogP contribution in [0.4, 0.5) is 0 Å². The van der Waals surface area contributed by atoms with Gasteiger partial charge in [0.2, 0.25) is 0 Å². The first-order chi connectivity index (χ1) is 13.2. The van der Waals surface area contributed by atoms with E-state index in [4.69, 9.17) is 32.7 Å². The Morgan fingerprint density at radius 1 is 0.889 bits per heavy atom. The molecule has 27 heavy (non-hydrogen) atoms. The van der Waals surface area contributed by atoms with E-state index in [0.717, 1.165) is 23.2 Å². The maximum absolute atomic E-state index is 6.44. The molecule has 4 nitrogen and oxygen atoms in total. The summed E-state index contributed by atoms with van der Waals surface area (Å²) in [5.41, 5.74) is 3.00. The Labute approximate surface area is 169 Å². The molecule has 0 radical (unpaired) electrons. The molecule has 0 unspecified atom stereocenters. The highest BCUT2D eigenvalue weighted by molar-refractivity contribution is 6.31. The molecular weight excluding hydrogens is 383 g/mol. The molecule has 0 spiro atoms. The molecule has 2 aromatic carbocycles. The Hall–Kier alpha value is -2.27. The molecule has 0 fully saturated rings. The van der Waals surface area contributed by atoms with Crippen LogP contribution in [0.2, 0.25) is 10.0 Å². The van der Waals surface area contributed by atoms with Gasteiger partial charge in [0.15, 0.2) is 11.5 Å². The Bertz CT molecular complexity index is 889. The van der Waals surface area contributed by atoms with Crippen molar-refractivity contribution in [2.75, 3.05) is 7.11 Å². The van der Waals surface area contributed by atoms with Crippen molar-refractivity contribution in [2.45, 2.75) is 19.7 Å². The summed E-state index contributed by atoms with van der Waals surface area (Å²) < 4.78 is 11.4. The lowest BCUT2D eigenvalue weighted by Crippen LogP contribution is -2.13. The smallest absolute Gasteiger partial charge is 0.163 e. The Morgan fingerprint density at radius 2 is 1.67 bits per heavy atom. The minimum atomic E-state index is 0.339. The molecule has 1 heterocycles. The van der Waals surface area contributed by atoms with Gasteiger partial charge in [0.25, 0.3) is 0 Å². The molecule has 0 bridgehead atoms. The van der Waals surface area contributed by atoms with Gasteiger partial charge in [-0.05, 0) is 35.4 Å². The van der Waals surface area contributed by atoms with Crippen molar-refractivity contribution >= 4 is 23.2 Å². The van der Waals surface area contributed by atoms with Gasteiger partial charge >= 0.3 is 0 Å². The first-order valence-corrected chi connectivity index (χ1v) is 9.25. The van der Waals surface area contributed by atoms with Crippen LogP contribution < -0.4 is 14.8 Å². The first kappa shape index (κ1) is 19.5. The van der Waals surface area contributed by atoms with Gasteiger partial charge in [-0.15, -0.1) is 0 Å². The zero-order valence-corrected chi connectivity index (χ0v) is 16.4. The highest BCUT2D eigenvalue weighted by atomic mass is 35.5. The molecule has 0 saturated heterocycles. The Morgan fingerprint density at radius 3 is 2.41 bits per heavy atom. The minimum Gasteiger partial charge on any atom is -0.493 e. The van der Waals surface area contributed by atoms with Gasteiger partial charge in [0.05, 0.1) is 7.11 Å². The van der Waals surface area contributed by atoms with E-state index in [-0.39, 0.29) is 0 Å². The van der Waals surface area contributed by atoms with Crippen molar-refractivity contribution in [2.24, 2.45) is 0 Å². The van der Waals surface area contributed by atoms with Crippen molar-refractivity contribution < 1.29 is 9.47 Å². The SMILES string of the molecule is COc1cc(CNCc2ccncc2)c(Cl)cc1OCc1ccccc1Cl. The van der Waals surface area contributed by atoms with E-state index in [1.54, 1.807) is 25.6 Å². The molecule has 3 aromatic rings. The van der Waals surface area contributed by atoms with Gasteiger partial charge < -0.3 is 14.8 Å². The lowest BCUT2D eigenvalue weighted by Gasteiger charge is -2.15. The molecular formula is C21H20Cl2N2O2. The van der Waals surface area contributed by atoms with Crippen LogP contribution >= 0.6 is 23.2 Å². The van der Waals surface area contributed by atoms with Crippen LogP contribution in [0.15, 0.2) is 60.9 Å². The number of nitrogens with zero attached hydrogens (tertiary/aromatic N) is 1. The molecule has 1 N–H and O–H groups in total. The van der Waals surface area contributed by atoms with Crippen LogP contribution in [-0.4, -0.2) is 12.1 Å². The van der Waals surface area contributed by atoms with Crippen LogP contribution in [0.3, 0.4) is 0 Å². The normalized spacial score (nSPS) is 10.6. The van der Waals surface area contributed by atoms with Gasteiger partial charge in [0, 0.05) is 47.2 Å². The van der Waals surface area contributed by atoms with Gasteiger partial charge in [-0.1, -0.05) is 41.4 Å². The maximum atomic E-state index is 6.44. The van der Waals surface area contributed by atoms with Crippen LogP contribution in [0.1, 0.15) is 16.7 Å². The van der Waals surface area contributed by atoms with Crippen molar-refractivity contribution in [1.82, 2.24) is 10.3 Å². The molecule has 0 aliphatic rings. The fourth-order valence-electron chi connectivity index (χ4n) is 2.60. The van der Waals surface area contributed by atoms with Gasteiger partial charge in [-0.25, -0.2) is 0 Å². The van der Waals surface area contributed by atoms with Crippen LogP contribution in [-0.2, 0) is 19.7 Å². The second-order valence-electron chi connectivity index (χ2n) is 5.93. The number of pyridine rings is 1. The molecule has 0 aliphatic heterocycles. The quantitative estimate of drug-likeness (QED) is 0.557. The number of rotatable bonds is 8. The van der Waals surface area contributed by atoms with E-state index in [2.05, 4.69) is 10.3 Å². The average molecular weight is 403 g/mol. The van der Waals surface area contributed by atoms with E-state index in [1.807, 2.05) is 42.5 Å². The van der Waals surface area contributed by atoms with Crippen LogP contribution in [0.5, 0.6) is 11.5 Å². The monoisotopic (exact) mass is 402 g/mol. The number of ether oxygens (including phenoxy) is 2. The minimum absolute atomic E-state index is 0.339. The van der Waals surface area contributed by atoms with E-state index in [1.165, 1.54) is 0 Å². The Kier molecular flexibility index (Phi) is 6.93. The lowest BCUT2D eigenvalue weighted by atomic mass is 10.2. The highest BCUT2D eigenvalue weighted by Gasteiger charge is 2.11. The summed E-state index contributed by atoms with van der Waals surface area (Å²) in [5, 5.41) is 4.65. The fourth-order valence-corrected chi connectivity index (χ4v) is 3.01. The molecule has 0 aliphatic carbocycles. The highest BCUT2D eigenvalue weighted by Crippen LogP contribution is 2.34. The lowest BCUT2D eigenvalue weighted by molar-refractivity contribution is 0.284. The third-order valence-electron chi connectivity index (χ3n) is 4.07. The predicted octanol–water partition coefficient (Wildman–Crippen LogP) is 5.27. The zero-order valence-electron chi connectivity index (χ0n) is 14.9. The van der Waals surface area contributed by atoms with E-state index < -0.39 is 0 Å². The number of nitrogens with one attached hydrogen (secondary N) is 1. The number of hydrogen-bond acceptors (Lipinski definition) is 4. The Balaban J connectivity index is 1.66.